The fourth-order valence-electron chi connectivity index (χ4n) is 8.64. The van der Waals surface area contributed by atoms with E-state index in [2.05, 4.69) is 194 Å². The van der Waals surface area contributed by atoms with E-state index >= 15 is 0 Å². The van der Waals surface area contributed by atoms with Gasteiger partial charge in [-0.15, -0.1) is 0 Å². The molecule has 0 N–H and O–H groups in total. The molecule has 2 aromatic heterocycles. The molecule has 1 aliphatic rings. The molecule has 0 amide bonds. The number of aromatic nitrogens is 2. The van der Waals surface area contributed by atoms with Crippen molar-refractivity contribution in [3.8, 4) is 28.4 Å². The van der Waals surface area contributed by atoms with Crippen molar-refractivity contribution in [2.24, 2.45) is 0 Å². The summed E-state index contributed by atoms with van der Waals surface area (Å²) in [5.41, 5.74) is 12.3. The van der Waals surface area contributed by atoms with Crippen LogP contribution in [0.4, 0.5) is 27.1 Å². The normalized spacial score (nSPS) is 13.3. The van der Waals surface area contributed by atoms with Crippen molar-refractivity contribution < 1.29 is 9.13 Å². The van der Waals surface area contributed by atoms with Crippen LogP contribution < -0.4 is 13.9 Å². The van der Waals surface area contributed by atoms with E-state index in [0.29, 0.717) is 5.75 Å². The van der Waals surface area contributed by atoms with Crippen molar-refractivity contribution in [1.29, 1.82) is 0 Å². The maximum atomic E-state index is 14.9. The van der Waals surface area contributed by atoms with Crippen LogP contribution in [0, 0.1) is 5.82 Å². The van der Waals surface area contributed by atoms with Crippen LogP contribution in [0.1, 0.15) is 105 Å². The highest BCUT2D eigenvalue weighted by Gasteiger charge is 2.40. The third-order valence-electron chi connectivity index (χ3n) is 12.5. The summed E-state index contributed by atoms with van der Waals surface area (Å²) in [5.74, 6) is 2.01. The molecule has 0 fully saturated rings. The average Bonchev–Trinajstić information content (AvgIpc) is 3.78. The van der Waals surface area contributed by atoms with Crippen LogP contribution >= 0.6 is 0 Å². The van der Waals surface area contributed by atoms with Gasteiger partial charge >= 0.3 is 11.7 Å². The summed E-state index contributed by atoms with van der Waals surface area (Å²) in [6, 6.07) is 49.3. The predicted octanol–water partition coefficient (Wildman–Crippen LogP) is 15.8. The summed E-state index contributed by atoms with van der Waals surface area (Å²) in [6.07, 6.45) is 1.92. The Hall–Kier alpha value is -6.62. The maximum Gasteiger partial charge on any atom is 0.503 e. The monoisotopic (exact) mass is 846 g/mol. The van der Waals surface area contributed by atoms with Crippen LogP contribution in [0.25, 0.3) is 38.8 Å². The zero-order valence-electron chi connectivity index (χ0n) is 39.4. The minimum absolute atomic E-state index is 0.00427. The number of hydrogen-bond acceptors (Lipinski definition) is 2. The lowest BCUT2D eigenvalue weighted by Crippen LogP contribution is -2.17. The van der Waals surface area contributed by atoms with Crippen LogP contribution in [-0.4, -0.2) is 15.6 Å². The molecule has 0 atom stereocenters. The molecule has 6 heteroatoms. The summed E-state index contributed by atoms with van der Waals surface area (Å²) in [7, 11) is 0. The second-order valence-corrected chi connectivity index (χ2v) is 21.5. The Bertz CT molecular complexity index is 3190. The number of pyridine rings is 1. The Balaban J connectivity index is 1.19. The third kappa shape index (κ3) is 7.97. The molecule has 5 nitrogen and oxygen atoms in total. The van der Waals surface area contributed by atoms with Crippen molar-refractivity contribution in [1.82, 2.24) is 18.7 Å². The van der Waals surface area contributed by atoms with E-state index in [-0.39, 0.29) is 27.5 Å². The molecule has 6 aromatic carbocycles. The largest absolute Gasteiger partial charge is 0.503 e. The van der Waals surface area contributed by atoms with Crippen molar-refractivity contribution in [3.05, 3.63) is 168 Å². The molecule has 0 saturated heterocycles. The highest BCUT2D eigenvalue weighted by molar-refractivity contribution is 6.10. The zero-order valence-corrected chi connectivity index (χ0v) is 39.4. The highest BCUT2D eigenvalue weighted by atomic mass is 19.1. The van der Waals surface area contributed by atoms with Gasteiger partial charge in [0, 0.05) is 47.3 Å². The van der Waals surface area contributed by atoms with E-state index in [9.17, 15) is 4.39 Å². The molecule has 1 aliphatic heterocycles. The second-order valence-electron chi connectivity index (χ2n) is 21.5. The molecule has 0 aliphatic carbocycles. The Morgan fingerprint density at radius 3 is 1.86 bits per heavy atom. The lowest BCUT2D eigenvalue weighted by molar-refractivity contribution is 0.483. The molecule has 9 rings (SSSR count). The van der Waals surface area contributed by atoms with Crippen molar-refractivity contribution in [2.45, 2.75) is 105 Å². The summed E-state index contributed by atoms with van der Waals surface area (Å²) in [4.78, 5) is 4.93. The second kappa shape index (κ2) is 15.3. The molecular formula is C58H59FN4O+2. The van der Waals surface area contributed by atoms with Crippen LogP contribution in [0.15, 0.2) is 140 Å². The third-order valence-corrected chi connectivity index (χ3v) is 12.5. The van der Waals surface area contributed by atoms with Gasteiger partial charge in [0.1, 0.15) is 23.1 Å². The summed E-state index contributed by atoms with van der Waals surface area (Å²) in [6.45, 7) is 27.0. The van der Waals surface area contributed by atoms with Crippen molar-refractivity contribution >= 4 is 50.6 Å². The first-order valence-corrected chi connectivity index (χ1v) is 22.4. The van der Waals surface area contributed by atoms with Gasteiger partial charge in [0.25, 0.3) is 5.69 Å². The van der Waals surface area contributed by atoms with Crippen molar-refractivity contribution in [2.75, 3.05) is 0 Å². The van der Waals surface area contributed by atoms with E-state index in [4.69, 9.17) is 9.72 Å². The smallest absolute Gasteiger partial charge is 0.457 e. The topological polar surface area (TPSA) is 33.1 Å². The molecule has 0 bridgehead atoms. The molecule has 0 spiro atoms. The molecule has 8 aromatic rings. The van der Waals surface area contributed by atoms with E-state index < -0.39 is 0 Å². The number of ether oxygens (including phenoxy) is 1. The molecule has 64 heavy (non-hydrogen) atoms. The van der Waals surface area contributed by atoms with Gasteiger partial charge in [-0.1, -0.05) is 119 Å². The SMILES string of the molecule is CC(C)(C)c1cc([N+]2=C=[N+](c3cccc(Oc4ccc5c6cc(C(C)(C)C)ccc6n(-c6cc(C(C)(C)C)ccn6)c5c4)c3)c3cccc(-c4cccc(F)c4)c32)cc(C(C)(C)C)c1. The number of nitrogens with zero attached hydrogens (tertiary/aromatic N) is 4. The summed E-state index contributed by atoms with van der Waals surface area (Å²) in [5, 5.41) is 2.32. The van der Waals surface area contributed by atoms with Crippen LogP contribution in [0.3, 0.4) is 0 Å². The molecule has 322 valence electrons. The lowest BCUT2D eigenvalue weighted by Gasteiger charge is -2.24. The van der Waals surface area contributed by atoms with E-state index in [1.165, 1.54) is 33.7 Å². The van der Waals surface area contributed by atoms with Gasteiger partial charge < -0.3 is 4.74 Å². The van der Waals surface area contributed by atoms with Gasteiger partial charge in [0.05, 0.1) is 22.7 Å². The van der Waals surface area contributed by atoms with Crippen LogP contribution in [0.5, 0.6) is 11.5 Å². The zero-order chi connectivity index (χ0) is 45.5. The highest BCUT2D eigenvalue weighted by Crippen LogP contribution is 2.45. The van der Waals surface area contributed by atoms with Crippen LogP contribution in [-0.2, 0) is 21.7 Å². The number of halogens is 1. The van der Waals surface area contributed by atoms with Gasteiger partial charge in [-0.3, -0.25) is 4.57 Å². The minimum atomic E-state index is -0.276. The van der Waals surface area contributed by atoms with E-state index in [0.717, 1.165) is 61.9 Å². The fraction of sp³-hybridized carbons (Fsp3) is 0.276. The Morgan fingerprint density at radius 1 is 0.516 bits per heavy atom. The minimum Gasteiger partial charge on any atom is -0.457 e. The standard InChI is InChI=1S/C58H59FN4O/c1-55(2,3)38-22-25-50-49(32-38)48-24-23-46(35-52(48)63(50)53-33-39(26-27-60-53)56(4,5)6)64-45-19-14-18-43(34-45)61-36-62(44-30-40(57(7,8)9)29-41(31-44)58(10,11)12)54-47(20-15-21-51(54)61)37-16-13-17-42(59)28-37/h13-35H,1-12H3/q+2. The lowest BCUT2D eigenvalue weighted by atomic mass is 9.80. The van der Waals surface area contributed by atoms with E-state index in [1.807, 2.05) is 30.5 Å². The van der Waals surface area contributed by atoms with Gasteiger partial charge in [0.15, 0.2) is 0 Å². The first-order chi connectivity index (χ1) is 30.1. The molecule has 0 unspecified atom stereocenters. The average molecular weight is 847 g/mol. The first-order valence-electron chi connectivity index (χ1n) is 22.4. The maximum absolute atomic E-state index is 14.9. The predicted molar refractivity (Wildman–Crippen MR) is 266 cm³/mol. The Labute approximate surface area is 377 Å². The van der Waals surface area contributed by atoms with E-state index in [1.54, 1.807) is 12.1 Å². The summed E-state index contributed by atoms with van der Waals surface area (Å²) < 4.78 is 28.2. The quantitative estimate of drug-likeness (QED) is 0.156. The van der Waals surface area contributed by atoms with Gasteiger partial charge in [-0.05, 0) is 119 Å². The fourth-order valence-corrected chi connectivity index (χ4v) is 8.64. The molecule has 3 heterocycles. The Kier molecular flexibility index (Phi) is 10.2. The molecular weight excluding hydrogens is 788 g/mol. The number of para-hydroxylation sites is 1. The van der Waals surface area contributed by atoms with Gasteiger partial charge in [-0.25, -0.2) is 9.37 Å². The number of hydrogen-bond donors (Lipinski definition) is 0. The summed E-state index contributed by atoms with van der Waals surface area (Å²) >= 11 is 0. The van der Waals surface area contributed by atoms with Gasteiger partial charge in [0.2, 0.25) is 11.4 Å². The molecule has 0 radical (unpaired) electrons. The first kappa shape index (κ1) is 42.7. The van der Waals surface area contributed by atoms with Crippen molar-refractivity contribution in [3.63, 3.8) is 0 Å². The van der Waals surface area contributed by atoms with Gasteiger partial charge in [-0.2, -0.15) is 0 Å². The number of benzene rings is 6. The number of fused-ring (bicyclic) bond motifs is 4. The number of rotatable bonds is 6. The molecule has 0 saturated carbocycles. The Morgan fingerprint density at radius 2 is 1.17 bits per heavy atom. The van der Waals surface area contributed by atoms with Crippen LogP contribution in [0.2, 0.25) is 0 Å².